The second-order valence-electron chi connectivity index (χ2n) is 6.81. The number of anilines is 1. The van der Waals surface area contributed by atoms with E-state index < -0.39 is 12.8 Å². The summed E-state index contributed by atoms with van der Waals surface area (Å²) in [7, 11) is 0. The van der Waals surface area contributed by atoms with Crippen LogP contribution in [0.25, 0.3) is 0 Å². The molecule has 0 atom stereocenters. The normalized spacial score (nSPS) is 15.8. The number of nitrogens with zero attached hydrogens (tertiary/aromatic N) is 3. The van der Waals surface area contributed by atoms with Gasteiger partial charge in [-0.25, -0.2) is 0 Å². The van der Waals surface area contributed by atoms with E-state index in [4.69, 9.17) is 16.9 Å². The van der Waals surface area contributed by atoms with Crippen molar-refractivity contribution in [2.24, 2.45) is 0 Å². The van der Waals surface area contributed by atoms with E-state index in [0.717, 1.165) is 26.2 Å². The maximum atomic E-state index is 12.1. The SMILES string of the molecule is N#Cc1ccc(NC(=O)CCN2CCN(CCCOCC(F)(F)F)CC2)cc1Cl. The molecule has 10 heteroatoms. The van der Waals surface area contributed by atoms with Gasteiger partial charge in [0.25, 0.3) is 0 Å². The highest BCUT2D eigenvalue weighted by molar-refractivity contribution is 6.32. The fourth-order valence-electron chi connectivity index (χ4n) is 2.98. The number of nitriles is 1. The number of hydrogen-bond acceptors (Lipinski definition) is 5. The smallest absolute Gasteiger partial charge is 0.372 e. The van der Waals surface area contributed by atoms with Crippen LogP contribution in [0.5, 0.6) is 0 Å². The molecule has 160 valence electrons. The molecule has 0 aliphatic carbocycles. The third-order valence-corrected chi connectivity index (χ3v) is 4.83. The highest BCUT2D eigenvalue weighted by Gasteiger charge is 2.27. The van der Waals surface area contributed by atoms with Gasteiger partial charge >= 0.3 is 6.18 Å². The van der Waals surface area contributed by atoms with E-state index in [1.165, 1.54) is 0 Å². The lowest BCUT2D eigenvalue weighted by molar-refractivity contribution is -0.174. The van der Waals surface area contributed by atoms with Crippen molar-refractivity contribution in [3.63, 3.8) is 0 Å². The van der Waals surface area contributed by atoms with E-state index in [2.05, 4.69) is 19.9 Å². The molecule has 1 N–H and O–H groups in total. The first-order valence-electron chi connectivity index (χ1n) is 9.35. The molecule has 1 amide bonds. The van der Waals surface area contributed by atoms with E-state index >= 15 is 0 Å². The molecule has 1 aromatic carbocycles. The number of nitrogens with one attached hydrogen (secondary N) is 1. The first-order valence-corrected chi connectivity index (χ1v) is 9.73. The first kappa shape index (κ1) is 23.4. The zero-order chi connectivity index (χ0) is 21.3. The second-order valence-corrected chi connectivity index (χ2v) is 7.22. The molecule has 1 heterocycles. The number of piperazine rings is 1. The number of alkyl halides is 3. The van der Waals surface area contributed by atoms with Crippen molar-refractivity contribution in [3.8, 4) is 6.07 Å². The molecule has 0 radical (unpaired) electrons. The van der Waals surface area contributed by atoms with Crippen molar-refractivity contribution in [1.82, 2.24) is 9.80 Å². The van der Waals surface area contributed by atoms with Crippen LogP contribution in [0.4, 0.5) is 18.9 Å². The Morgan fingerprint density at radius 1 is 1.21 bits per heavy atom. The minimum absolute atomic E-state index is 0.0965. The van der Waals surface area contributed by atoms with Gasteiger partial charge in [0.15, 0.2) is 0 Å². The Bertz CT molecular complexity index is 716. The van der Waals surface area contributed by atoms with Crippen molar-refractivity contribution >= 4 is 23.2 Å². The number of carbonyl (C=O) groups is 1. The van der Waals surface area contributed by atoms with Gasteiger partial charge in [-0.3, -0.25) is 4.79 Å². The number of benzene rings is 1. The minimum Gasteiger partial charge on any atom is -0.372 e. The lowest BCUT2D eigenvalue weighted by atomic mass is 10.2. The summed E-state index contributed by atoms with van der Waals surface area (Å²) in [6.07, 6.45) is -3.38. The fraction of sp³-hybridized carbons (Fsp3) is 0.579. The van der Waals surface area contributed by atoms with Gasteiger partial charge in [0.1, 0.15) is 12.7 Å². The molecule has 0 aromatic heterocycles. The van der Waals surface area contributed by atoms with Crippen LogP contribution in [0.15, 0.2) is 18.2 Å². The molecule has 0 saturated carbocycles. The van der Waals surface area contributed by atoms with Crippen LogP contribution < -0.4 is 5.32 Å². The summed E-state index contributed by atoms with van der Waals surface area (Å²) >= 11 is 5.95. The summed E-state index contributed by atoms with van der Waals surface area (Å²) in [6, 6.07) is 6.72. The monoisotopic (exact) mass is 432 g/mol. The van der Waals surface area contributed by atoms with Gasteiger partial charge in [0.2, 0.25) is 5.91 Å². The molecule has 1 aromatic rings. The fourth-order valence-corrected chi connectivity index (χ4v) is 3.20. The lowest BCUT2D eigenvalue weighted by Crippen LogP contribution is -2.47. The molecule has 2 rings (SSSR count). The van der Waals surface area contributed by atoms with Gasteiger partial charge in [0.05, 0.1) is 10.6 Å². The maximum Gasteiger partial charge on any atom is 0.411 e. The molecule has 1 fully saturated rings. The standard InChI is InChI=1S/C19H24ClF3N4O2/c20-17-12-16(3-2-15(17)13-24)25-18(28)4-6-27-9-7-26(8-10-27)5-1-11-29-14-19(21,22)23/h2-3,12H,1,4-11,14H2,(H,25,28). The van der Waals surface area contributed by atoms with Crippen LogP contribution in [0.1, 0.15) is 18.4 Å². The van der Waals surface area contributed by atoms with Crippen molar-refractivity contribution in [3.05, 3.63) is 28.8 Å². The third kappa shape index (κ3) is 9.00. The number of hydrogen-bond donors (Lipinski definition) is 1. The second kappa shape index (κ2) is 11.4. The van der Waals surface area contributed by atoms with Crippen LogP contribution >= 0.6 is 11.6 Å². The van der Waals surface area contributed by atoms with Crippen LogP contribution in [0, 0.1) is 11.3 Å². The average molecular weight is 433 g/mol. The van der Waals surface area contributed by atoms with Crippen LogP contribution in [-0.4, -0.2) is 74.4 Å². The zero-order valence-corrected chi connectivity index (χ0v) is 16.7. The van der Waals surface area contributed by atoms with Gasteiger partial charge in [-0.1, -0.05) is 11.6 Å². The predicted octanol–water partition coefficient (Wildman–Crippen LogP) is 3.13. The van der Waals surface area contributed by atoms with Crippen LogP contribution in [0.2, 0.25) is 5.02 Å². The average Bonchev–Trinajstić information content (AvgIpc) is 2.66. The van der Waals surface area contributed by atoms with Gasteiger partial charge < -0.3 is 19.9 Å². The van der Waals surface area contributed by atoms with Gasteiger partial charge in [0, 0.05) is 58.0 Å². The summed E-state index contributed by atoms with van der Waals surface area (Å²) in [6.45, 7) is 3.46. The van der Waals surface area contributed by atoms with Crippen molar-refractivity contribution in [1.29, 1.82) is 5.26 Å². The molecule has 1 saturated heterocycles. The number of amides is 1. The largest absolute Gasteiger partial charge is 0.411 e. The maximum absolute atomic E-state index is 12.1. The van der Waals surface area contributed by atoms with E-state index in [-0.39, 0.29) is 12.5 Å². The van der Waals surface area contributed by atoms with Gasteiger partial charge in [-0.15, -0.1) is 0 Å². The Morgan fingerprint density at radius 3 is 2.45 bits per heavy atom. The highest BCUT2D eigenvalue weighted by atomic mass is 35.5. The van der Waals surface area contributed by atoms with E-state index in [0.29, 0.717) is 42.2 Å². The number of rotatable bonds is 9. The van der Waals surface area contributed by atoms with Crippen molar-refractivity contribution in [2.45, 2.75) is 19.0 Å². The van der Waals surface area contributed by atoms with E-state index in [9.17, 15) is 18.0 Å². The lowest BCUT2D eigenvalue weighted by Gasteiger charge is -2.34. The zero-order valence-electron chi connectivity index (χ0n) is 16.0. The Morgan fingerprint density at radius 2 is 1.86 bits per heavy atom. The van der Waals surface area contributed by atoms with E-state index in [1.54, 1.807) is 18.2 Å². The summed E-state index contributed by atoms with van der Waals surface area (Å²) in [4.78, 5) is 16.5. The number of carbonyl (C=O) groups excluding carboxylic acids is 1. The summed E-state index contributed by atoms with van der Waals surface area (Å²) in [5.74, 6) is -0.130. The molecular formula is C19H24ClF3N4O2. The topological polar surface area (TPSA) is 68.6 Å². The summed E-state index contributed by atoms with van der Waals surface area (Å²) < 4.78 is 40.6. The Labute approximate surface area is 173 Å². The molecule has 29 heavy (non-hydrogen) atoms. The summed E-state index contributed by atoms with van der Waals surface area (Å²) in [5, 5.41) is 11.9. The predicted molar refractivity (Wildman–Crippen MR) is 104 cm³/mol. The first-order chi connectivity index (χ1) is 13.8. The third-order valence-electron chi connectivity index (χ3n) is 4.52. The molecule has 0 unspecified atom stereocenters. The minimum atomic E-state index is -4.27. The Kier molecular flexibility index (Phi) is 9.17. The highest BCUT2D eigenvalue weighted by Crippen LogP contribution is 2.20. The Balaban J connectivity index is 1.59. The molecule has 0 spiro atoms. The van der Waals surface area contributed by atoms with Crippen LogP contribution in [0.3, 0.4) is 0 Å². The van der Waals surface area contributed by atoms with Crippen LogP contribution in [-0.2, 0) is 9.53 Å². The van der Waals surface area contributed by atoms with Crippen molar-refractivity contribution in [2.75, 3.05) is 57.8 Å². The molecular weight excluding hydrogens is 409 g/mol. The van der Waals surface area contributed by atoms with E-state index in [1.807, 2.05) is 6.07 Å². The van der Waals surface area contributed by atoms with Gasteiger partial charge in [-0.05, 0) is 24.6 Å². The summed E-state index contributed by atoms with van der Waals surface area (Å²) in [5.41, 5.74) is 0.908. The molecule has 0 bridgehead atoms. The molecule has 6 nitrogen and oxygen atoms in total. The quantitative estimate of drug-likeness (QED) is 0.607. The Hall–Kier alpha value is -1.86. The van der Waals surface area contributed by atoms with Gasteiger partial charge in [-0.2, -0.15) is 18.4 Å². The molecule has 1 aliphatic heterocycles. The molecule has 1 aliphatic rings. The number of ether oxygens (including phenoxy) is 1. The van der Waals surface area contributed by atoms with Crippen molar-refractivity contribution < 1.29 is 22.7 Å². The number of halogens is 4.